The second kappa shape index (κ2) is 9.05. The number of amides is 1. The highest BCUT2D eigenvalue weighted by atomic mass is 32.2. The first-order chi connectivity index (χ1) is 12.8. The summed E-state index contributed by atoms with van der Waals surface area (Å²) >= 11 is 0. The second-order valence-corrected chi connectivity index (χ2v) is 6.90. The molecule has 1 aromatic carbocycles. The van der Waals surface area contributed by atoms with E-state index in [2.05, 4.69) is 20.6 Å². The van der Waals surface area contributed by atoms with Crippen LogP contribution in [-0.4, -0.2) is 36.9 Å². The van der Waals surface area contributed by atoms with E-state index in [1.807, 2.05) is 0 Å². The van der Waals surface area contributed by atoms with Crippen LogP contribution in [0.5, 0.6) is 0 Å². The molecule has 2 rings (SSSR count). The van der Waals surface area contributed by atoms with Crippen molar-refractivity contribution in [1.82, 2.24) is 9.97 Å². The van der Waals surface area contributed by atoms with E-state index in [1.54, 1.807) is 6.92 Å². The topological polar surface area (TPSA) is 153 Å². The molecular weight excluding hydrogens is 374 g/mol. The van der Waals surface area contributed by atoms with Gasteiger partial charge in [-0.3, -0.25) is 9.59 Å². The van der Waals surface area contributed by atoms with Crippen LogP contribution in [0.15, 0.2) is 41.6 Å². The molecule has 0 unspecified atom stereocenters. The third kappa shape index (κ3) is 6.64. The normalized spacial score (nSPS) is 10.9. The third-order valence-electron chi connectivity index (χ3n) is 3.25. The molecule has 10 nitrogen and oxygen atoms in total. The Kier molecular flexibility index (Phi) is 6.79. The van der Waals surface area contributed by atoms with Gasteiger partial charge in [-0.25, -0.2) is 23.5 Å². The van der Waals surface area contributed by atoms with Crippen molar-refractivity contribution in [2.75, 3.05) is 17.2 Å². The first-order valence-corrected chi connectivity index (χ1v) is 9.50. The minimum Gasteiger partial charge on any atom is -0.466 e. The van der Waals surface area contributed by atoms with Crippen molar-refractivity contribution < 1.29 is 22.7 Å². The standard InChI is InChI=1S/C16H19N5O5S/c1-2-26-16(23)8-7-15(22)21-14-9-13(18-10-19-14)20-11-3-5-12(6-4-11)27(17,24)25/h3-6,9-10H,2,7-8H2,1H3,(H2,17,24,25)(H2,18,19,20,21,22). The van der Waals surface area contributed by atoms with E-state index >= 15 is 0 Å². The molecule has 0 saturated carbocycles. The number of hydrogen-bond acceptors (Lipinski definition) is 8. The monoisotopic (exact) mass is 393 g/mol. The summed E-state index contributed by atoms with van der Waals surface area (Å²) in [6.45, 7) is 1.95. The van der Waals surface area contributed by atoms with Gasteiger partial charge >= 0.3 is 5.97 Å². The molecule has 0 fully saturated rings. The molecule has 0 spiro atoms. The van der Waals surface area contributed by atoms with E-state index in [4.69, 9.17) is 9.88 Å². The summed E-state index contributed by atoms with van der Waals surface area (Å²) in [4.78, 5) is 31.1. The maximum absolute atomic E-state index is 11.9. The number of rotatable bonds is 8. The van der Waals surface area contributed by atoms with E-state index in [1.165, 1.54) is 36.7 Å². The van der Waals surface area contributed by atoms with Gasteiger partial charge in [0.15, 0.2) is 0 Å². The number of nitrogens with one attached hydrogen (secondary N) is 2. The average Bonchev–Trinajstić information content (AvgIpc) is 2.60. The first-order valence-electron chi connectivity index (χ1n) is 7.95. The molecule has 0 saturated heterocycles. The van der Waals surface area contributed by atoms with Crippen molar-refractivity contribution >= 4 is 39.2 Å². The van der Waals surface area contributed by atoms with Gasteiger partial charge in [0.2, 0.25) is 15.9 Å². The lowest BCUT2D eigenvalue weighted by Crippen LogP contribution is -2.15. The predicted octanol–water partition coefficient (Wildman–Crippen LogP) is 1.15. The number of ether oxygens (including phenoxy) is 1. The summed E-state index contributed by atoms with van der Waals surface area (Å²) in [6.07, 6.45) is 1.20. The highest BCUT2D eigenvalue weighted by molar-refractivity contribution is 7.89. The maximum Gasteiger partial charge on any atom is 0.306 e. The number of esters is 1. The van der Waals surface area contributed by atoms with E-state index < -0.39 is 16.0 Å². The number of anilines is 3. The summed E-state index contributed by atoms with van der Waals surface area (Å²) in [5, 5.41) is 10.6. The van der Waals surface area contributed by atoms with Gasteiger partial charge in [-0.1, -0.05) is 0 Å². The van der Waals surface area contributed by atoms with Gasteiger partial charge in [-0.05, 0) is 31.2 Å². The molecule has 144 valence electrons. The number of primary sulfonamides is 1. The fourth-order valence-corrected chi connectivity index (χ4v) is 2.54. The molecule has 4 N–H and O–H groups in total. The van der Waals surface area contributed by atoms with Gasteiger partial charge in [-0.15, -0.1) is 0 Å². The smallest absolute Gasteiger partial charge is 0.306 e. The Morgan fingerprint density at radius 1 is 1.11 bits per heavy atom. The molecule has 11 heteroatoms. The van der Waals surface area contributed by atoms with Crippen LogP contribution < -0.4 is 15.8 Å². The molecule has 0 radical (unpaired) electrons. The van der Waals surface area contributed by atoms with Crippen LogP contribution in [-0.2, 0) is 24.3 Å². The number of nitrogens with zero attached hydrogens (tertiary/aromatic N) is 2. The van der Waals surface area contributed by atoms with Crippen molar-refractivity contribution in [1.29, 1.82) is 0 Å². The Morgan fingerprint density at radius 3 is 2.41 bits per heavy atom. The first kappa shape index (κ1) is 20.3. The number of benzene rings is 1. The predicted molar refractivity (Wildman–Crippen MR) is 97.6 cm³/mol. The molecule has 0 bridgehead atoms. The Balaban J connectivity index is 1.96. The van der Waals surface area contributed by atoms with Crippen LogP contribution in [0.3, 0.4) is 0 Å². The number of nitrogens with two attached hydrogens (primary N) is 1. The lowest BCUT2D eigenvalue weighted by molar-refractivity contribution is -0.144. The Labute approximate surface area is 156 Å². The van der Waals surface area contributed by atoms with E-state index in [-0.39, 0.29) is 36.1 Å². The van der Waals surface area contributed by atoms with Gasteiger partial charge in [-0.2, -0.15) is 0 Å². The van der Waals surface area contributed by atoms with Crippen LogP contribution in [0.2, 0.25) is 0 Å². The van der Waals surface area contributed by atoms with Crippen LogP contribution in [0.4, 0.5) is 17.3 Å². The Hall–Kier alpha value is -3.05. The molecule has 27 heavy (non-hydrogen) atoms. The molecule has 0 aliphatic heterocycles. The fourth-order valence-electron chi connectivity index (χ4n) is 2.02. The number of carbonyl (C=O) groups is 2. The third-order valence-corrected chi connectivity index (χ3v) is 4.18. The zero-order chi connectivity index (χ0) is 19.9. The lowest BCUT2D eigenvalue weighted by Gasteiger charge is -2.08. The largest absolute Gasteiger partial charge is 0.466 e. The molecular formula is C16H19N5O5S. The van der Waals surface area contributed by atoms with Crippen molar-refractivity contribution in [2.45, 2.75) is 24.7 Å². The van der Waals surface area contributed by atoms with Crippen LogP contribution in [0, 0.1) is 0 Å². The average molecular weight is 393 g/mol. The van der Waals surface area contributed by atoms with Crippen LogP contribution in [0.1, 0.15) is 19.8 Å². The zero-order valence-electron chi connectivity index (χ0n) is 14.5. The van der Waals surface area contributed by atoms with E-state index in [0.29, 0.717) is 11.5 Å². The van der Waals surface area contributed by atoms with Crippen LogP contribution >= 0.6 is 0 Å². The zero-order valence-corrected chi connectivity index (χ0v) is 15.3. The second-order valence-electron chi connectivity index (χ2n) is 5.34. The molecule has 1 amide bonds. The van der Waals surface area contributed by atoms with Crippen molar-refractivity contribution in [2.24, 2.45) is 5.14 Å². The van der Waals surface area contributed by atoms with Gasteiger partial charge in [0.05, 0.1) is 17.9 Å². The van der Waals surface area contributed by atoms with Gasteiger partial charge < -0.3 is 15.4 Å². The molecule has 2 aromatic rings. The highest BCUT2D eigenvalue weighted by Crippen LogP contribution is 2.18. The number of sulfonamides is 1. The molecule has 0 aliphatic carbocycles. The highest BCUT2D eigenvalue weighted by Gasteiger charge is 2.10. The summed E-state index contributed by atoms with van der Waals surface area (Å²) in [7, 11) is -3.76. The Bertz CT molecular complexity index is 915. The Morgan fingerprint density at radius 2 is 1.78 bits per heavy atom. The van der Waals surface area contributed by atoms with E-state index in [9.17, 15) is 18.0 Å². The van der Waals surface area contributed by atoms with Crippen LogP contribution in [0.25, 0.3) is 0 Å². The lowest BCUT2D eigenvalue weighted by atomic mass is 10.3. The van der Waals surface area contributed by atoms with Gasteiger partial charge in [0, 0.05) is 18.2 Å². The molecule has 0 atom stereocenters. The fraction of sp³-hybridized carbons (Fsp3) is 0.250. The molecule has 0 aliphatic rings. The number of aromatic nitrogens is 2. The summed E-state index contributed by atoms with van der Waals surface area (Å²) in [5.74, 6) is -0.192. The quantitative estimate of drug-likeness (QED) is 0.564. The van der Waals surface area contributed by atoms with Gasteiger partial charge in [0.25, 0.3) is 0 Å². The maximum atomic E-state index is 11.9. The SMILES string of the molecule is CCOC(=O)CCC(=O)Nc1cc(Nc2ccc(S(N)(=O)=O)cc2)ncn1. The number of carbonyl (C=O) groups excluding carboxylic acids is 2. The summed E-state index contributed by atoms with van der Waals surface area (Å²) < 4.78 is 27.3. The molecule has 1 aromatic heterocycles. The van der Waals surface area contributed by atoms with Crippen molar-refractivity contribution in [3.8, 4) is 0 Å². The van der Waals surface area contributed by atoms with Gasteiger partial charge in [0.1, 0.15) is 18.0 Å². The summed E-state index contributed by atoms with van der Waals surface area (Å²) in [6, 6.07) is 7.27. The minimum absolute atomic E-state index is 0.00899. The number of hydrogen-bond donors (Lipinski definition) is 3. The summed E-state index contributed by atoms with van der Waals surface area (Å²) in [5.41, 5.74) is 0.570. The van der Waals surface area contributed by atoms with E-state index in [0.717, 1.165) is 0 Å². The minimum atomic E-state index is -3.76. The van der Waals surface area contributed by atoms with Crippen molar-refractivity contribution in [3.05, 3.63) is 36.7 Å². The molecule has 1 heterocycles. The van der Waals surface area contributed by atoms with Crippen molar-refractivity contribution in [3.63, 3.8) is 0 Å².